The molecule has 0 saturated carbocycles. The minimum atomic E-state index is -0.756. The second kappa shape index (κ2) is 6.22. The third kappa shape index (κ3) is 3.49. The number of nitrogens with one attached hydrogen (secondary N) is 2. The highest BCUT2D eigenvalue weighted by Gasteiger charge is 2.21. The van der Waals surface area contributed by atoms with E-state index in [1.807, 2.05) is 36.5 Å². The van der Waals surface area contributed by atoms with Crippen molar-refractivity contribution in [3.05, 3.63) is 59.2 Å². The first-order valence-corrected chi connectivity index (χ1v) is 6.93. The van der Waals surface area contributed by atoms with Crippen molar-refractivity contribution in [1.29, 1.82) is 0 Å². The van der Waals surface area contributed by atoms with E-state index in [9.17, 15) is 9.59 Å². The number of tetrazole rings is 1. The number of rotatable bonds is 6. The number of H-pyrrole nitrogens is 2. The molecule has 1 aromatic carbocycles. The zero-order chi connectivity index (χ0) is 16.2. The molecule has 0 bridgehead atoms. The van der Waals surface area contributed by atoms with Crippen LogP contribution in [0.4, 0.5) is 5.69 Å². The number of benzene rings is 1. The van der Waals surface area contributed by atoms with Crippen molar-refractivity contribution in [3.8, 4) is 0 Å². The standard InChI is InChI=1S/C15H14N6O2/c16-11-3-1-9(2-4-11)5-10-6-12(17-8-10)7-13(22)14(23)15-18-20-21-19-15/h1-4,6,8,17H,5,7,16H2,(H,18,19,20,21). The van der Waals surface area contributed by atoms with Crippen molar-refractivity contribution in [2.75, 3.05) is 5.73 Å². The van der Waals surface area contributed by atoms with E-state index in [0.717, 1.165) is 11.1 Å². The Hall–Kier alpha value is -3.29. The van der Waals surface area contributed by atoms with Gasteiger partial charge in [0.15, 0.2) is 0 Å². The normalized spacial score (nSPS) is 10.6. The number of ketones is 2. The SMILES string of the molecule is Nc1ccc(Cc2c[nH]c(CC(=O)C(=O)c3nn[nH]n3)c2)cc1. The molecule has 2 aromatic heterocycles. The lowest BCUT2D eigenvalue weighted by Gasteiger charge is -1.99. The summed E-state index contributed by atoms with van der Waals surface area (Å²) in [4.78, 5) is 26.7. The van der Waals surface area contributed by atoms with Crippen LogP contribution in [-0.4, -0.2) is 37.2 Å². The molecule has 0 atom stereocenters. The summed E-state index contributed by atoms with van der Waals surface area (Å²) >= 11 is 0. The van der Waals surface area contributed by atoms with Gasteiger partial charge in [-0.25, -0.2) is 0 Å². The van der Waals surface area contributed by atoms with E-state index in [1.165, 1.54) is 0 Å². The number of nitrogens with zero attached hydrogens (tertiary/aromatic N) is 3. The van der Waals surface area contributed by atoms with E-state index in [1.54, 1.807) is 0 Å². The summed E-state index contributed by atoms with van der Waals surface area (Å²) in [6.45, 7) is 0. The fourth-order valence-corrected chi connectivity index (χ4v) is 2.20. The van der Waals surface area contributed by atoms with Crippen LogP contribution in [-0.2, 0) is 17.6 Å². The Morgan fingerprint density at radius 3 is 2.61 bits per heavy atom. The zero-order valence-electron chi connectivity index (χ0n) is 12.1. The smallest absolute Gasteiger partial charge is 0.269 e. The first-order chi connectivity index (χ1) is 11.1. The summed E-state index contributed by atoms with van der Waals surface area (Å²) in [7, 11) is 0. The number of carbonyl (C=O) groups is 2. The average molecular weight is 310 g/mol. The fraction of sp³-hybridized carbons (Fsp3) is 0.133. The number of carbonyl (C=O) groups excluding carboxylic acids is 2. The van der Waals surface area contributed by atoms with Crippen LogP contribution in [0.3, 0.4) is 0 Å². The first kappa shape index (κ1) is 14.6. The number of Topliss-reactive ketones (excluding diaryl/α,β-unsaturated/α-hetero) is 2. The molecule has 0 radical (unpaired) electrons. The van der Waals surface area contributed by atoms with Gasteiger partial charge >= 0.3 is 0 Å². The van der Waals surface area contributed by atoms with E-state index < -0.39 is 11.6 Å². The lowest BCUT2D eigenvalue weighted by molar-refractivity contribution is -0.114. The predicted molar refractivity (Wildman–Crippen MR) is 81.7 cm³/mol. The van der Waals surface area contributed by atoms with Gasteiger partial charge in [0.1, 0.15) is 0 Å². The van der Waals surface area contributed by atoms with Crippen LogP contribution in [0.1, 0.15) is 27.4 Å². The molecule has 8 nitrogen and oxygen atoms in total. The van der Waals surface area contributed by atoms with Crippen molar-refractivity contribution in [3.63, 3.8) is 0 Å². The largest absolute Gasteiger partial charge is 0.399 e. The van der Waals surface area contributed by atoms with Crippen LogP contribution in [0.15, 0.2) is 36.5 Å². The monoisotopic (exact) mass is 310 g/mol. The van der Waals surface area contributed by atoms with Gasteiger partial charge in [-0.05, 0) is 41.0 Å². The molecule has 0 aliphatic carbocycles. The first-order valence-electron chi connectivity index (χ1n) is 6.93. The highest BCUT2D eigenvalue weighted by molar-refractivity contribution is 6.42. The predicted octanol–water partition coefficient (Wildman–Crippen LogP) is 0.695. The molecule has 3 rings (SSSR count). The quantitative estimate of drug-likeness (QED) is 0.349. The van der Waals surface area contributed by atoms with Gasteiger partial charge in [0, 0.05) is 17.6 Å². The molecule has 116 valence electrons. The third-order valence-electron chi connectivity index (χ3n) is 3.34. The maximum atomic E-state index is 11.9. The average Bonchev–Trinajstić information content (AvgIpc) is 3.21. The molecule has 0 fully saturated rings. The molecule has 0 unspecified atom stereocenters. The van der Waals surface area contributed by atoms with E-state index in [0.29, 0.717) is 17.8 Å². The van der Waals surface area contributed by atoms with Gasteiger partial charge in [0.25, 0.3) is 5.78 Å². The molecule has 0 saturated heterocycles. The van der Waals surface area contributed by atoms with Gasteiger partial charge in [-0.15, -0.1) is 10.2 Å². The fourth-order valence-electron chi connectivity index (χ4n) is 2.20. The molecule has 4 N–H and O–H groups in total. The molecule has 8 heteroatoms. The number of nitrogens with two attached hydrogens (primary N) is 1. The molecule has 23 heavy (non-hydrogen) atoms. The van der Waals surface area contributed by atoms with Crippen LogP contribution in [0, 0.1) is 0 Å². The lowest BCUT2D eigenvalue weighted by atomic mass is 10.1. The number of aromatic amines is 2. The second-order valence-corrected chi connectivity index (χ2v) is 5.12. The zero-order valence-corrected chi connectivity index (χ0v) is 12.1. The minimum Gasteiger partial charge on any atom is -0.399 e. The molecule has 3 aromatic rings. The minimum absolute atomic E-state index is 0.0326. The molecule has 0 aliphatic heterocycles. The van der Waals surface area contributed by atoms with Crippen molar-refractivity contribution >= 4 is 17.3 Å². The summed E-state index contributed by atoms with van der Waals surface area (Å²) in [6.07, 6.45) is 2.50. The lowest BCUT2D eigenvalue weighted by Crippen LogP contribution is -2.18. The van der Waals surface area contributed by atoms with Crippen LogP contribution >= 0.6 is 0 Å². The summed E-state index contributed by atoms with van der Waals surface area (Å²) in [5.41, 5.74) is 9.16. The maximum absolute atomic E-state index is 11.9. The summed E-state index contributed by atoms with van der Waals surface area (Å²) < 4.78 is 0. The number of aromatic nitrogens is 5. The molecular formula is C15H14N6O2. The van der Waals surface area contributed by atoms with Crippen LogP contribution in [0.2, 0.25) is 0 Å². The summed E-state index contributed by atoms with van der Waals surface area (Å²) in [5.74, 6) is -1.57. The van der Waals surface area contributed by atoms with Gasteiger partial charge in [-0.1, -0.05) is 12.1 Å². The second-order valence-electron chi connectivity index (χ2n) is 5.12. The topological polar surface area (TPSA) is 130 Å². The number of hydrogen-bond acceptors (Lipinski definition) is 6. The highest BCUT2D eigenvalue weighted by Crippen LogP contribution is 2.13. The van der Waals surface area contributed by atoms with Crippen molar-refractivity contribution in [2.45, 2.75) is 12.8 Å². The Labute approximate surface area is 131 Å². The van der Waals surface area contributed by atoms with Crippen molar-refractivity contribution < 1.29 is 9.59 Å². The highest BCUT2D eigenvalue weighted by atomic mass is 16.2. The van der Waals surface area contributed by atoms with E-state index in [2.05, 4.69) is 25.6 Å². The van der Waals surface area contributed by atoms with Gasteiger partial charge in [-0.2, -0.15) is 5.21 Å². The Bertz CT molecular complexity index is 820. The third-order valence-corrected chi connectivity index (χ3v) is 3.34. The van der Waals surface area contributed by atoms with E-state index in [-0.39, 0.29) is 12.2 Å². The van der Waals surface area contributed by atoms with Crippen molar-refractivity contribution in [1.82, 2.24) is 25.6 Å². The molecular weight excluding hydrogens is 296 g/mol. The Balaban J connectivity index is 1.64. The van der Waals surface area contributed by atoms with Gasteiger partial charge in [-0.3, -0.25) is 9.59 Å². The molecule has 0 spiro atoms. The van der Waals surface area contributed by atoms with Crippen LogP contribution < -0.4 is 5.73 Å². The van der Waals surface area contributed by atoms with Gasteiger partial charge < -0.3 is 10.7 Å². The molecule has 0 aliphatic rings. The van der Waals surface area contributed by atoms with Crippen LogP contribution in [0.5, 0.6) is 0 Å². The van der Waals surface area contributed by atoms with Gasteiger partial charge in [0.2, 0.25) is 11.6 Å². The maximum Gasteiger partial charge on any atom is 0.269 e. The summed E-state index contributed by atoms with van der Waals surface area (Å²) in [6, 6.07) is 9.45. The summed E-state index contributed by atoms with van der Waals surface area (Å²) in [5, 5.41) is 12.4. The number of nitrogen functional groups attached to an aromatic ring is 1. The van der Waals surface area contributed by atoms with Crippen molar-refractivity contribution in [2.24, 2.45) is 0 Å². The number of hydrogen-bond donors (Lipinski definition) is 3. The van der Waals surface area contributed by atoms with Gasteiger partial charge in [0.05, 0.1) is 6.42 Å². The van der Waals surface area contributed by atoms with E-state index in [4.69, 9.17) is 5.73 Å². The van der Waals surface area contributed by atoms with E-state index >= 15 is 0 Å². The number of anilines is 1. The Morgan fingerprint density at radius 1 is 1.13 bits per heavy atom. The van der Waals surface area contributed by atoms with Crippen LogP contribution in [0.25, 0.3) is 0 Å². The Morgan fingerprint density at radius 2 is 1.91 bits per heavy atom. The Kier molecular flexibility index (Phi) is 3.96. The molecule has 2 heterocycles. The molecule has 0 amide bonds.